The molecule has 3 heterocycles. The first-order valence-corrected chi connectivity index (χ1v) is 11.6. The van der Waals surface area contributed by atoms with Crippen molar-refractivity contribution in [2.24, 2.45) is 0 Å². The number of benzene rings is 1. The van der Waals surface area contributed by atoms with Gasteiger partial charge in [0.1, 0.15) is 11.1 Å². The summed E-state index contributed by atoms with van der Waals surface area (Å²) in [5.74, 6) is -0.432. The van der Waals surface area contributed by atoms with Crippen molar-refractivity contribution in [1.82, 2.24) is 19.5 Å². The number of carbonyl (C=O) groups excluding carboxylic acids is 2. The van der Waals surface area contributed by atoms with Crippen molar-refractivity contribution in [2.45, 2.75) is 36.8 Å². The van der Waals surface area contributed by atoms with Crippen LogP contribution in [0.4, 0.5) is 0 Å². The lowest BCUT2D eigenvalue weighted by atomic mass is 10.1. The quantitative estimate of drug-likeness (QED) is 0.741. The highest BCUT2D eigenvalue weighted by Gasteiger charge is 2.34. The number of piperidine rings is 1. The van der Waals surface area contributed by atoms with Crippen LogP contribution in [0.1, 0.15) is 25.7 Å². The van der Waals surface area contributed by atoms with E-state index in [1.807, 2.05) is 0 Å². The fraction of sp³-hybridized carbons (Fsp3) is 0.474. The van der Waals surface area contributed by atoms with Gasteiger partial charge in [-0.3, -0.25) is 9.59 Å². The van der Waals surface area contributed by atoms with Crippen LogP contribution < -0.4 is 4.72 Å². The SMILES string of the molecule is O=C(CN1CCC[C@H](NS(=O)(=O)c2cc3cc(Cl)ccc3[nH]2)C1=O)N1CCCC1. The molecule has 29 heavy (non-hydrogen) atoms. The summed E-state index contributed by atoms with van der Waals surface area (Å²) >= 11 is 5.96. The molecule has 2 N–H and O–H groups in total. The highest BCUT2D eigenvalue weighted by Crippen LogP contribution is 2.23. The number of aromatic nitrogens is 1. The normalized spacial score (nSPS) is 20.6. The molecule has 2 aliphatic heterocycles. The van der Waals surface area contributed by atoms with E-state index in [2.05, 4.69) is 9.71 Å². The van der Waals surface area contributed by atoms with Crippen LogP contribution in [0.2, 0.25) is 5.02 Å². The number of fused-ring (bicyclic) bond motifs is 1. The van der Waals surface area contributed by atoms with Gasteiger partial charge >= 0.3 is 0 Å². The van der Waals surface area contributed by atoms with Gasteiger partial charge in [-0.05, 0) is 49.9 Å². The number of H-pyrrole nitrogens is 1. The third kappa shape index (κ3) is 4.26. The third-order valence-electron chi connectivity index (χ3n) is 5.46. The van der Waals surface area contributed by atoms with Crippen LogP contribution in [0.3, 0.4) is 0 Å². The Morgan fingerprint density at radius 1 is 1.17 bits per heavy atom. The molecule has 0 radical (unpaired) electrons. The van der Waals surface area contributed by atoms with Crippen molar-refractivity contribution in [1.29, 1.82) is 0 Å². The number of amides is 2. The Kier molecular flexibility index (Phi) is 5.54. The van der Waals surface area contributed by atoms with Crippen molar-refractivity contribution in [3.05, 3.63) is 29.3 Å². The van der Waals surface area contributed by atoms with Crippen LogP contribution in [0, 0.1) is 0 Å². The minimum absolute atomic E-state index is 0.00193. The summed E-state index contributed by atoms with van der Waals surface area (Å²) in [6.45, 7) is 1.91. The van der Waals surface area contributed by atoms with Gasteiger partial charge in [-0.1, -0.05) is 11.6 Å². The Morgan fingerprint density at radius 2 is 1.93 bits per heavy atom. The fourth-order valence-electron chi connectivity index (χ4n) is 3.91. The lowest BCUT2D eigenvalue weighted by Crippen LogP contribution is -2.54. The molecule has 0 saturated carbocycles. The molecule has 2 aliphatic rings. The number of hydrogen-bond donors (Lipinski definition) is 2. The highest BCUT2D eigenvalue weighted by atomic mass is 35.5. The summed E-state index contributed by atoms with van der Waals surface area (Å²) in [5, 5.41) is 1.16. The Morgan fingerprint density at radius 3 is 2.69 bits per heavy atom. The maximum atomic E-state index is 12.8. The number of carbonyl (C=O) groups is 2. The van der Waals surface area contributed by atoms with Crippen LogP contribution in [0.15, 0.2) is 29.3 Å². The summed E-state index contributed by atoms with van der Waals surface area (Å²) in [6, 6.07) is 5.66. The molecule has 0 aliphatic carbocycles. The maximum absolute atomic E-state index is 12.8. The predicted molar refractivity (Wildman–Crippen MR) is 109 cm³/mol. The molecule has 8 nitrogen and oxygen atoms in total. The number of sulfonamides is 1. The predicted octanol–water partition coefficient (Wildman–Crippen LogP) is 1.71. The van der Waals surface area contributed by atoms with E-state index in [1.165, 1.54) is 11.0 Å². The van der Waals surface area contributed by atoms with E-state index in [9.17, 15) is 18.0 Å². The molecule has 2 fully saturated rings. The lowest BCUT2D eigenvalue weighted by Gasteiger charge is -2.33. The fourth-order valence-corrected chi connectivity index (χ4v) is 5.34. The number of aromatic amines is 1. The molecule has 4 rings (SSSR count). The number of nitrogens with zero attached hydrogens (tertiary/aromatic N) is 2. The Bertz CT molecular complexity index is 1050. The molecule has 1 aromatic heterocycles. The number of halogens is 1. The standard InChI is InChI=1S/C19H23ClN4O4S/c20-14-5-6-15-13(10-14)11-17(21-15)29(27,28)22-16-4-3-9-24(19(16)26)12-18(25)23-7-1-2-8-23/h5-6,10-11,16,21-22H,1-4,7-9,12H2/t16-/m0/s1. The van der Waals surface area contributed by atoms with E-state index in [1.54, 1.807) is 23.1 Å². The smallest absolute Gasteiger partial charge is 0.256 e. The summed E-state index contributed by atoms with van der Waals surface area (Å²) in [4.78, 5) is 31.3. The second-order valence-corrected chi connectivity index (χ2v) is 9.65. The molecule has 156 valence electrons. The Hall–Kier alpha value is -2.10. The summed E-state index contributed by atoms with van der Waals surface area (Å²) < 4.78 is 28.1. The van der Waals surface area contributed by atoms with Gasteiger partial charge in [0.25, 0.3) is 10.0 Å². The van der Waals surface area contributed by atoms with E-state index in [4.69, 9.17) is 11.6 Å². The largest absolute Gasteiger partial charge is 0.345 e. The van der Waals surface area contributed by atoms with E-state index < -0.39 is 16.1 Å². The van der Waals surface area contributed by atoms with Gasteiger partial charge in [-0.15, -0.1) is 0 Å². The monoisotopic (exact) mass is 438 g/mol. The highest BCUT2D eigenvalue weighted by molar-refractivity contribution is 7.89. The first kappa shape index (κ1) is 20.2. The average molecular weight is 439 g/mol. The lowest BCUT2D eigenvalue weighted by molar-refractivity contribution is -0.142. The van der Waals surface area contributed by atoms with Crippen LogP contribution in [0.5, 0.6) is 0 Å². The van der Waals surface area contributed by atoms with Crippen LogP contribution in [-0.2, 0) is 19.6 Å². The van der Waals surface area contributed by atoms with Crippen molar-refractivity contribution in [2.75, 3.05) is 26.2 Å². The zero-order chi connectivity index (χ0) is 20.6. The topological polar surface area (TPSA) is 103 Å². The Labute approximate surface area is 174 Å². The van der Waals surface area contributed by atoms with Gasteiger partial charge in [0, 0.05) is 35.6 Å². The first-order chi connectivity index (χ1) is 13.8. The minimum atomic E-state index is -3.93. The molecular weight excluding hydrogens is 416 g/mol. The number of rotatable bonds is 5. The third-order valence-corrected chi connectivity index (χ3v) is 7.09. The van der Waals surface area contributed by atoms with Crippen LogP contribution in [0.25, 0.3) is 10.9 Å². The molecular formula is C19H23ClN4O4S. The molecule has 0 unspecified atom stereocenters. The van der Waals surface area contributed by atoms with Crippen molar-refractivity contribution in [3.8, 4) is 0 Å². The van der Waals surface area contributed by atoms with Gasteiger partial charge < -0.3 is 14.8 Å². The molecule has 1 aromatic carbocycles. The average Bonchev–Trinajstić information content (AvgIpc) is 3.34. The molecule has 0 bridgehead atoms. The van der Waals surface area contributed by atoms with Gasteiger partial charge in [-0.25, -0.2) is 8.42 Å². The zero-order valence-corrected chi connectivity index (χ0v) is 17.4. The van der Waals surface area contributed by atoms with Crippen molar-refractivity contribution in [3.63, 3.8) is 0 Å². The second-order valence-electron chi connectivity index (χ2n) is 7.53. The summed E-state index contributed by atoms with van der Waals surface area (Å²) in [6.07, 6.45) is 3.00. The molecule has 2 aromatic rings. The van der Waals surface area contributed by atoms with E-state index >= 15 is 0 Å². The zero-order valence-electron chi connectivity index (χ0n) is 15.9. The van der Waals surface area contributed by atoms with Crippen LogP contribution in [-0.4, -0.2) is 67.2 Å². The van der Waals surface area contributed by atoms with Gasteiger partial charge in [-0.2, -0.15) is 4.72 Å². The number of nitrogens with one attached hydrogen (secondary N) is 2. The number of hydrogen-bond acceptors (Lipinski definition) is 4. The first-order valence-electron chi connectivity index (χ1n) is 9.71. The molecule has 0 spiro atoms. The molecule has 1 atom stereocenters. The van der Waals surface area contributed by atoms with E-state index in [-0.39, 0.29) is 23.4 Å². The van der Waals surface area contributed by atoms with Crippen molar-refractivity contribution >= 4 is 44.3 Å². The molecule has 2 amide bonds. The summed E-state index contributed by atoms with van der Waals surface area (Å²) in [5.41, 5.74) is 0.641. The molecule has 10 heteroatoms. The van der Waals surface area contributed by atoms with Gasteiger partial charge in [0.05, 0.1) is 6.54 Å². The molecule has 2 saturated heterocycles. The van der Waals surface area contributed by atoms with E-state index in [0.717, 1.165) is 25.9 Å². The second kappa shape index (κ2) is 7.97. The van der Waals surface area contributed by atoms with Gasteiger partial charge in [0.15, 0.2) is 0 Å². The van der Waals surface area contributed by atoms with Crippen LogP contribution >= 0.6 is 11.6 Å². The maximum Gasteiger partial charge on any atom is 0.256 e. The minimum Gasteiger partial charge on any atom is -0.345 e. The van der Waals surface area contributed by atoms with Gasteiger partial charge in [0.2, 0.25) is 11.8 Å². The van der Waals surface area contributed by atoms with E-state index in [0.29, 0.717) is 35.3 Å². The Balaban J connectivity index is 1.46. The van der Waals surface area contributed by atoms with Crippen molar-refractivity contribution < 1.29 is 18.0 Å². The number of likely N-dealkylation sites (tertiary alicyclic amines) is 2. The summed E-state index contributed by atoms with van der Waals surface area (Å²) in [7, 11) is -3.93.